The van der Waals surface area contributed by atoms with Gasteiger partial charge in [0.25, 0.3) is 0 Å². The maximum absolute atomic E-state index is 14.6. The third kappa shape index (κ3) is 5.49. The van der Waals surface area contributed by atoms with Crippen LogP contribution in [0.2, 0.25) is 0 Å². The number of hydrogen-bond donors (Lipinski definition) is 5. The molecule has 1 aromatic carbocycles. The molecule has 2 aromatic rings. The van der Waals surface area contributed by atoms with Gasteiger partial charge in [-0.15, -0.1) is 0 Å². The fourth-order valence-electron chi connectivity index (χ4n) is 7.17. The molecule has 0 radical (unpaired) electrons. The van der Waals surface area contributed by atoms with Gasteiger partial charge in [-0.25, -0.2) is 4.99 Å². The molecular weight excluding hydrogens is 578 g/mol. The largest absolute Gasteiger partial charge is 0.489 e. The smallest absolute Gasteiger partial charge is 0.200 e. The zero-order valence-corrected chi connectivity index (χ0v) is 25.6. The van der Waals surface area contributed by atoms with Crippen molar-refractivity contribution in [3.8, 4) is 11.5 Å². The number of hydrogen-bond acceptors (Lipinski definition) is 10. The molecule has 12 heteroatoms. The van der Waals surface area contributed by atoms with Crippen molar-refractivity contribution in [2.24, 2.45) is 16.5 Å². The summed E-state index contributed by atoms with van der Waals surface area (Å²) in [5.74, 6) is 2.14. The van der Waals surface area contributed by atoms with E-state index in [4.69, 9.17) is 25.4 Å². The Kier molecular flexibility index (Phi) is 8.63. The third-order valence-electron chi connectivity index (χ3n) is 9.14. The number of rotatable bonds is 6. The minimum absolute atomic E-state index is 0.0239. The molecule has 0 saturated heterocycles. The Labute approximate surface area is 253 Å². The van der Waals surface area contributed by atoms with Crippen molar-refractivity contribution < 1.29 is 29.2 Å². The number of aliphatic imine (C=N–C) groups is 1. The van der Waals surface area contributed by atoms with E-state index in [0.717, 1.165) is 49.7 Å². The monoisotopic (exact) mass is 619 g/mol. The van der Waals surface area contributed by atoms with Gasteiger partial charge < -0.3 is 40.7 Å². The summed E-state index contributed by atoms with van der Waals surface area (Å²) in [4.78, 5) is 18.9. The van der Waals surface area contributed by atoms with E-state index in [2.05, 4.69) is 4.99 Å². The predicted molar refractivity (Wildman–Crippen MR) is 165 cm³/mol. The molecular formula is C30H41N3O7S2. The Balaban J connectivity index is 1.62. The third-order valence-corrected chi connectivity index (χ3v) is 11.5. The van der Waals surface area contributed by atoms with Crippen molar-refractivity contribution in [1.29, 1.82) is 0 Å². The first kappa shape index (κ1) is 29.9. The van der Waals surface area contributed by atoms with E-state index >= 15 is 0 Å². The number of aliphatic hydroxyl groups is 3. The summed E-state index contributed by atoms with van der Waals surface area (Å²) in [6.45, 7) is 1.72. The molecule has 42 heavy (non-hydrogen) atoms. The molecule has 1 aromatic heterocycles. The molecule has 6 rings (SSSR count). The van der Waals surface area contributed by atoms with Crippen LogP contribution in [0.5, 0.6) is 11.5 Å². The van der Waals surface area contributed by atoms with Crippen molar-refractivity contribution in [1.82, 2.24) is 0 Å². The quantitative estimate of drug-likeness (QED) is 0.181. The van der Waals surface area contributed by atoms with E-state index in [1.165, 1.54) is 0 Å². The standard InChI is InChI=1S/C30H41N3O7S2/c1-30(37)10-4-8-17-21-25(40-28(17)30)19-14-42-41-13-15(33-29(31)32)12-20(35)24-18(9-5-11-34)23(36)22(26(19)39-24)27(21)38-16-6-2-3-7-16/h15-17,20,28,34-35,37H,2-14H2,1H3,(H4,31,32,33)/t15-,17+,20-,28+,30+/m1/s1. The average Bonchev–Trinajstić information content (AvgIpc) is 3.59. The molecule has 2 aliphatic carbocycles. The molecule has 0 unspecified atom stereocenters. The van der Waals surface area contributed by atoms with Crippen LogP contribution >= 0.6 is 21.6 Å². The Morgan fingerprint density at radius 1 is 1.19 bits per heavy atom. The van der Waals surface area contributed by atoms with Crippen LogP contribution in [0.1, 0.15) is 99.2 Å². The van der Waals surface area contributed by atoms with Gasteiger partial charge in [0.1, 0.15) is 40.4 Å². The molecule has 5 atom stereocenters. The van der Waals surface area contributed by atoms with Gasteiger partial charge in [-0.3, -0.25) is 4.79 Å². The van der Waals surface area contributed by atoms with E-state index in [1.807, 2.05) is 6.92 Å². The fourth-order valence-corrected chi connectivity index (χ4v) is 9.46. The fraction of sp³-hybridized carbons (Fsp3) is 0.667. The second-order valence-corrected chi connectivity index (χ2v) is 14.8. The average molecular weight is 620 g/mol. The lowest BCUT2D eigenvalue weighted by Crippen LogP contribution is -2.47. The van der Waals surface area contributed by atoms with Gasteiger partial charge in [0, 0.05) is 47.1 Å². The lowest BCUT2D eigenvalue weighted by Gasteiger charge is -2.37. The van der Waals surface area contributed by atoms with Crippen LogP contribution in [-0.4, -0.2) is 57.5 Å². The first-order chi connectivity index (χ1) is 20.2. The zero-order valence-electron chi connectivity index (χ0n) is 24.0. The Hall–Kier alpha value is -2.12. The number of nitrogens with two attached hydrogens (primary N) is 2. The van der Waals surface area contributed by atoms with Crippen LogP contribution in [0.3, 0.4) is 0 Å². The molecule has 3 heterocycles. The van der Waals surface area contributed by atoms with Crippen molar-refractivity contribution >= 4 is 38.5 Å². The van der Waals surface area contributed by atoms with Crippen molar-refractivity contribution in [3.63, 3.8) is 0 Å². The molecule has 230 valence electrons. The van der Waals surface area contributed by atoms with Crippen LogP contribution in [0.25, 0.3) is 11.0 Å². The van der Waals surface area contributed by atoms with Gasteiger partial charge in [-0.2, -0.15) is 0 Å². The Morgan fingerprint density at radius 2 is 1.98 bits per heavy atom. The van der Waals surface area contributed by atoms with Crippen LogP contribution in [0.15, 0.2) is 14.2 Å². The van der Waals surface area contributed by atoms with Crippen LogP contribution < -0.4 is 26.4 Å². The first-order valence-corrected chi connectivity index (χ1v) is 17.5. The van der Waals surface area contributed by atoms with Gasteiger partial charge in [0.2, 0.25) is 0 Å². The van der Waals surface area contributed by atoms with E-state index in [0.29, 0.717) is 52.4 Å². The van der Waals surface area contributed by atoms with E-state index < -0.39 is 23.9 Å². The summed E-state index contributed by atoms with van der Waals surface area (Å²) >= 11 is 0. The lowest BCUT2D eigenvalue weighted by molar-refractivity contribution is -0.0727. The second-order valence-electron chi connectivity index (χ2n) is 12.3. The van der Waals surface area contributed by atoms with E-state index in [9.17, 15) is 20.1 Å². The molecule has 2 bridgehead atoms. The van der Waals surface area contributed by atoms with Crippen LogP contribution in [-0.2, 0) is 12.2 Å². The normalized spacial score (nSPS) is 29.5. The number of guanidine groups is 1. The summed E-state index contributed by atoms with van der Waals surface area (Å²) in [5, 5.41) is 32.9. The highest BCUT2D eigenvalue weighted by Gasteiger charge is 2.51. The Bertz CT molecular complexity index is 1420. The van der Waals surface area contributed by atoms with E-state index in [-0.39, 0.29) is 48.6 Å². The van der Waals surface area contributed by atoms with Gasteiger partial charge in [-0.05, 0) is 64.7 Å². The number of aliphatic hydroxyl groups excluding tert-OH is 2. The van der Waals surface area contributed by atoms with Crippen molar-refractivity contribution in [2.45, 2.75) is 113 Å². The van der Waals surface area contributed by atoms with Gasteiger partial charge >= 0.3 is 0 Å². The summed E-state index contributed by atoms with van der Waals surface area (Å²) in [6.07, 6.45) is 5.36. The number of benzene rings is 1. The number of nitrogens with zero attached hydrogens (tertiary/aromatic N) is 1. The second kappa shape index (κ2) is 12.1. The predicted octanol–water partition coefficient (Wildman–Crippen LogP) is 3.78. The van der Waals surface area contributed by atoms with Crippen LogP contribution in [0, 0.1) is 0 Å². The lowest BCUT2D eigenvalue weighted by atomic mass is 9.74. The van der Waals surface area contributed by atoms with Crippen molar-refractivity contribution in [3.05, 3.63) is 32.7 Å². The van der Waals surface area contributed by atoms with Gasteiger partial charge in [-0.1, -0.05) is 21.6 Å². The summed E-state index contributed by atoms with van der Waals surface area (Å²) < 4.78 is 20.0. The molecule has 10 nitrogen and oxygen atoms in total. The number of ether oxygens (including phenoxy) is 2. The molecule has 0 amide bonds. The minimum atomic E-state index is -1.14. The first-order valence-electron chi connectivity index (χ1n) is 15.1. The summed E-state index contributed by atoms with van der Waals surface area (Å²) in [6, 6.07) is -0.392. The molecule has 2 saturated carbocycles. The maximum Gasteiger partial charge on any atom is 0.200 e. The number of fused-ring (bicyclic) bond motifs is 5. The maximum atomic E-state index is 14.6. The highest BCUT2D eigenvalue weighted by Crippen LogP contribution is 2.57. The highest BCUT2D eigenvalue weighted by atomic mass is 33.1. The Morgan fingerprint density at radius 3 is 2.71 bits per heavy atom. The SMILES string of the molecule is C[C@]1(O)CCC[C@H]2c3c(c4c5oc(c(CCCO)c(=O)c5c3OC3CCCC3)[C@H](O)C[C@@H](N=C(N)N)CSSC4)O[C@@H]21. The molecule has 7 N–H and O–H groups in total. The van der Waals surface area contributed by atoms with Gasteiger partial charge in [0.15, 0.2) is 11.4 Å². The van der Waals surface area contributed by atoms with E-state index in [1.54, 1.807) is 21.6 Å². The molecule has 2 aliphatic heterocycles. The zero-order chi connectivity index (χ0) is 29.6. The highest BCUT2D eigenvalue weighted by molar-refractivity contribution is 8.76. The van der Waals surface area contributed by atoms with Crippen LogP contribution in [0.4, 0.5) is 0 Å². The molecule has 2 fully saturated rings. The minimum Gasteiger partial charge on any atom is -0.489 e. The van der Waals surface area contributed by atoms with Gasteiger partial charge in [0.05, 0.1) is 17.7 Å². The molecule has 4 aliphatic rings. The van der Waals surface area contributed by atoms with Crippen molar-refractivity contribution in [2.75, 3.05) is 12.4 Å². The summed E-state index contributed by atoms with van der Waals surface area (Å²) in [5.41, 5.74) is 12.4. The topological polar surface area (TPSA) is 174 Å². The summed E-state index contributed by atoms with van der Waals surface area (Å²) in [7, 11) is 3.17. The molecule has 0 spiro atoms.